The molecule has 0 bridgehead atoms. The minimum absolute atomic E-state index is 0.198. The molecular weight excluding hydrogens is 367 g/mol. The zero-order valence-electron chi connectivity index (χ0n) is 14.6. The fourth-order valence-corrected chi connectivity index (χ4v) is 3.32. The van der Waals surface area contributed by atoms with E-state index in [0.29, 0.717) is 41.7 Å². The Morgan fingerprint density at radius 2 is 1.74 bits per heavy atom. The van der Waals surface area contributed by atoms with Crippen molar-refractivity contribution in [3.63, 3.8) is 0 Å². The van der Waals surface area contributed by atoms with Crippen LogP contribution in [0, 0.1) is 5.82 Å². The summed E-state index contributed by atoms with van der Waals surface area (Å²) in [5.74, 6) is 1.11. The second-order valence-electron chi connectivity index (χ2n) is 6.39. The molecule has 4 rings (SSSR count). The Labute approximate surface area is 162 Å². The lowest BCUT2D eigenvalue weighted by atomic mass is 10.1. The molecule has 0 atom stereocenters. The van der Waals surface area contributed by atoms with Crippen molar-refractivity contribution in [1.29, 1.82) is 0 Å². The molecule has 4 nitrogen and oxygen atoms in total. The van der Waals surface area contributed by atoms with Gasteiger partial charge in [-0.3, -0.25) is 9.88 Å². The predicted molar refractivity (Wildman–Crippen MR) is 101 cm³/mol. The molecule has 0 saturated carbocycles. The van der Waals surface area contributed by atoms with Gasteiger partial charge >= 0.3 is 0 Å². The van der Waals surface area contributed by atoms with Crippen LogP contribution in [0.25, 0.3) is 0 Å². The Balaban J connectivity index is 1.60. The van der Waals surface area contributed by atoms with Crippen LogP contribution in [-0.4, -0.2) is 16.7 Å². The van der Waals surface area contributed by atoms with Crippen LogP contribution in [0.2, 0.25) is 5.02 Å². The van der Waals surface area contributed by atoms with E-state index in [1.54, 1.807) is 24.4 Å². The van der Waals surface area contributed by atoms with Gasteiger partial charge in [-0.25, -0.2) is 4.39 Å². The smallest absolute Gasteiger partial charge is 0.231 e. The molecule has 2 aromatic carbocycles. The minimum Gasteiger partial charge on any atom is -0.454 e. The van der Waals surface area contributed by atoms with Crippen LogP contribution in [0.1, 0.15) is 16.7 Å². The van der Waals surface area contributed by atoms with Gasteiger partial charge in [0.15, 0.2) is 11.5 Å². The average Bonchev–Trinajstić information content (AvgIpc) is 3.12. The van der Waals surface area contributed by atoms with Crippen LogP contribution in [0.5, 0.6) is 11.5 Å². The second-order valence-corrected chi connectivity index (χ2v) is 6.80. The van der Waals surface area contributed by atoms with Gasteiger partial charge in [-0.1, -0.05) is 35.9 Å². The van der Waals surface area contributed by atoms with Crippen LogP contribution in [-0.2, 0) is 19.6 Å². The number of benzene rings is 2. The SMILES string of the molecule is Fc1ccccc1CN(Cc1cccnc1)Cc1cc2c(cc1Cl)OCO2. The molecule has 0 saturated heterocycles. The molecule has 0 unspecified atom stereocenters. The van der Waals surface area contributed by atoms with Gasteiger partial charge < -0.3 is 9.47 Å². The fraction of sp³-hybridized carbons (Fsp3) is 0.190. The molecule has 138 valence electrons. The van der Waals surface area contributed by atoms with Gasteiger partial charge in [0.1, 0.15) is 5.82 Å². The summed E-state index contributed by atoms with van der Waals surface area (Å²) in [6.07, 6.45) is 3.55. The summed E-state index contributed by atoms with van der Waals surface area (Å²) in [6, 6.07) is 14.4. The first-order valence-corrected chi connectivity index (χ1v) is 8.99. The number of ether oxygens (including phenoxy) is 2. The molecule has 0 fully saturated rings. The van der Waals surface area contributed by atoms with Crippen molar-refractivity contribution in [2.24, 2.45) is 0 Å². The van der Waals surface area contributed by atoms with E-state index in [9.17, 15) is 4.39 Å². The van der Waals surface area contributed by atoms with Gasteiger partial charge in [0.05, 0.1) is 0 Å². The molecule has 0 radical (unpaired) electrons. The van der Waals surface area contributed by atoms with Crippen molar-refractivity contribution in [1.82, 2.24) is 9.88 Å². The highest BCUT2D eigenvalue weighted by molar-refractivity contribution is 6.31. The molecule has 3 aromatic rings. The Kier molecular flexibility index (Phi) is 5.23. The van der Waals surface area contributed by atoms with E-state index in [4.69, 9.17) is 21.1 Å². The van der Waals surface area contributed by atoms with Crippen molar-refractivity contribution in [3.8, 4) is 11.5 Å². The largest absolute Gasteiger partial charge is 0.454 e. The van der Waals surface area contributed by atoms with E-state index >= 15 is 0 Å². The van der Waals surface area contributed by atoms with E-state index in [1.165, 1.54) is 6.07 Å². The number of halogens is 2. The Morgan fingerprint density at radius 3 is 2.52 bits per heavy atom. The summed E-state index contributed by atoms with van der Waals surface area (Å²) in [6.45, 7) is 1.81. The Bertz CT molecular complexity index is 937. The van der Waals surface area contributed by atoms with E-state index in [2.05, 4.69) is 9.88 Å². The van der Waals surface area contributed by atoms with E-state index in [1.807, 2.05) is 30.5 Å². The zero-order chi connectivity index (χ0) is 18.6. The third-order valence-electron chi connectivity index (χ3n) is 4.42. The summed E-state index contributed by atoms with van der Waals surface area (Å²) in [7, 11) is 0. The van der Waals surface area contributed by atoms with Crippen molar-refractivity contribution < 1.29 is 13.9 Å². The standard InChI is InChI=1S/C21H18ClFN2O2/c22-18-9-21-20(26-14-27-21)8-17(18)13-25(11-15-4-3-7-24-10-15)12-16-5-1-2-6-19(16)23/h1-10H,11-14H2. The van der Waals surface area contributed by atoms with Gasteiger partial charge in [-0.15, -0.1) is 0 Å². The first-order chi connectivity index (χ1) is 13.2. The normalized spacial score (nSPS) is 12.6. The minimum atomic E-state index is -0.217. The zero-order valence-corrected chi connectivity index (χ0v) is 15.3. The van der Waals surface area contributed by atoms with Gasteiger partial charge in [0, 0.05) is 48.7 Å². The van der Waals surface area contributed by atoms with Crippen molar-refractivity contribution >= 4 is 11.6 Å². The Hall–Kier alpha value is -2.63. The maximum absolute atomic E-state index is 14.2. The van der Waals surface area contributed by atoms with Crippen LogP contribution >= 0.6 is 11.6 Å². The van der Waals surface area contributed by atoms with Gasteiger partial charge in [0.25, 0.3) is 0 Å². The van der Waals surface area contributed by atoms with Crippen LogP contribution in [0.3, 0.4) is 0 Å². The monoisotopic (exact) mass is 384 g/mol. The molecule has 0 aliphatic carbocycles. The predicted octanol–water partition coefficient (Wildman–Crippen LogP) is 4.81. The lowest BCUT2D eigenvalue weighted by Crippen LogP contribution is -2.23. The second kappa shape index (κ2) is 7.94. The van der Waals surface area contributed by atoms with E-state index in [-0.39, 0.29) is 12.6 Å². The molecule has 6 heteroatoms. The van der Waals surface area contributed by atoms with Crippen molar-refractivity contribution in [3.05, 3.63) is 88.5 Å². The lowest BCUT2D eigenvalue weighted by molar-refractivity contribution is 0.174. The number of nitrogens with zero attached hydrogens (tertiary/aromatic N) is 2. The van der Waals surface area contributed by atoms with Crippen LogP contribution in [0.4, 0.5) is 4.39 Å². The summed E-state index contributed by atoms with van der Waals surface area (Å²) in [5, 5.41) is 0.601. The maximum Gasteiger partial charge on any atom is 0.231 e. The molecule has 0 spiro atoms. The van der Waals surface area contributed by atoms with E-state index < -0.39 is 0 Å². The highest BCUT2D eigenvalue weighted by atomic mass is 35.5. The third kappa shape index (κ3) is 4.21. The quantitative estimate of drug-likeness (QED) is 0.611. The molecule has 2 heterocycles. The average molecular weight is 385 g/mol. The van der Waals surface area contributed by atoms with Crippen molar-refractivity contribution in [2.45, 2.75) is 19.6 Å². The highest BCUT2D eigenvalue weighted by Crippen LogP contribution is 2.37. The Morgan fingerprint density at radius 1 is 0.963 bits per heavy atom. The van der Waals surface area contributed by atoms with Crippen LogP contribution in [0.15, 0.2) is 60.9 Å². The molecule has 0 N–H and O–H groups in total. The number of pyridine rings is 1. The summed E-state index contributed by atoms with van der Waals surface area (Å²) < 4.78 is 25.0. The topological polar surface area (TPSA) is 34.6 Å². The fourth-order valence-electron chi connectivity index (χ4n) is 3.11. The molecule has 1 aliphatic rings. The van der Waals surface area contributed by atoms with Crippen LogP contribution < -0.4 is 9.47 Å². The molecule has 1 aromatic heterocycles. The number of aromatic nitrogens is 1. The lowest BCUT2D eigenvalue weighted by Gasteiger charge is -2.23. The molecular formula is C21H18ClFN2O2. The first kappa shape index (κ1) is 17.8. The van der Waals surface area contributed by atoms with Crippen molar-refractivity contribution in [2.75, 3.05) is 6.79 Å². The summed E-state index contributed by atoms with van der Waals surface area (Å²) in [5.41, 5.74) is 2.59. The number of fused-ring (bicyclic) bond motifs is 1. The van der Waals surface area contributed by atoms with E-state index in [0.717, 1.165) is 11.1 Å². The number of hydrogen-bond acceptors (Lipinski definition) is 4. The summed E-state index contributed by atoms with van der Waals surface area (Å²) >= 11 is 6.44. The van der Waals surface area contributed by atoms with Gasteiger partial charge in [-0.05, 0) is 29.3 Å². The maximum atomic E-state index is 14.2. The number of rotatable bonds is 6. The third-order valence-corrected chi connectivity index (χ3v) is 4.77. The summed E-state index contributed by atoms with van der Waals surface area (Å²) in [4.78, 5) is 6.29. The van der Waals surface area contributed by atoms with Gasteiger partial charge in [0.2, 0.25) is 6.79 Å². The highest BCUT2D eigenvalue weighted by Gasteiger charge is 2.19. The number of hydrogen-bond donors (Lipinski definition) is 0. The molecule has 0 amide bonds. The first-order valence-electron chi connectivity index (χ1n) is 8.62. The molecule has 1 aliphatic heterocycles. The molecule has 27 heavy (non-hydrogen) atoms. The van der Waals surface area contributed by atoms with Gasteiger partial charge in [-0.2, -0.15) is 0 Å².